The normalized spacial score (nSPS) is 15.5. The fourth-order valence-corrected chi connectivity index (χ4v) is 3.27. The summed E-state index contributed by atoms with van der Waals surface area (Å²) in [4.78, 5) is 27.1. The molecule has 0 spiro atoms. The minimum absolute atomic E-state index is 0.113. The maximum absolute atomic E-state index is 12.4. The summed E-state index contributed by atoms with van der Waals surface area (Å²) in [6.45, 7) is 5.78. The molecule has 6 heteroatoms. The maximum Gasteiger partial charge on any atom is 0.236 e. The predicted octanol–water partition coefficient (Wildman–Crippen LogP) is 2.89. The molecule has 1 amide bonds. The van der Waals surface area contributed by atoms with E-state index in [9.17, 15) is 4.79 Å². The number of aromatic nitrogens is 4. The molecule has 0 bridgehead atoms. The van der Waals surface area contributed by atoms with E-state index in [1.54, 1.807) is 23.6 Å². The Morgan fingerprint density at radius 3 is 2.52 bits per heavy atom. The Hall–Kier alpha value is -3.02. The number of hydrogen-bond donors (Lipinski definition) is 0. The Bertz CT molecular complexity index is 972. The van der Waals surface area contributed by atoms with E-state index in [0.717, 1.165) is 34.0 Å². The van der Waals surface area contributed by atoms with Gasteiger partial charge in [-0.2, -0.15) is 0 Å². The number of hydrogen-bond acceptors (Lipinski definition) is 4. The average molecular weight is 333 g/mol. The average Bonchev–Trinajstić information content (AvgIpc) is 3.15. The summed E-state index contributed by atoms with van der Waals surface area (Å²) in [5, 5.41) is 0. The molecule has 0 radical (unpaired) electrons. The zero-order valence-corrected chi connectivity index (χ0v) is 14.7. The molecule has 6 nitrogen and oxygen atoms in total. The van der Waals surface area contributed by atoms with Crippen molar-refractivity contribution in [3.63, 3.8) is 0 Å². The van der Waals surface area contributed by atoms with Gasteiger partial charge in [0.25, 0.3) is 0 Å². The smallest absolute Gasteiger partial charge is 0.236 e. The predicted molar refractivity (Wildman–Crippen MR) is 95.8 cm³/mol. The van der Waals surface area contributed by atoms with Gasteiger partial charge in [-0.05, 0) is 32.4 Å². The summed E-state index contributed by atoms with van der Waals surface area (Å²) in [7, 11) is 1.82. The molecule has 25 heavy (non-hydrogen) atoms. The van der Waals surface area contributed by atoms with Crippen LogP contribution in [-0.2, 0) is 10.2 Å². The highest BCUT2D eigenvalue weighted by atomic mass is 16.2. The highest BCUT2D eigenvalue weighted by molar-refractivity contribution is 6.07. The van der Waals surface area contributed by atoms with E-state index in [0.29, 0.717) is 0 Å². The molecule has 0 aliphatic carbocycles. The molecule has 1 aliphatic rings. The van der Waals surface area contributed by atoms with E-state index < -0.39 is 5.41 Å². The van der Waals surface area contributed by atoms with Crippen LogP contribution >= 0.6 is 0 Å². The van der Waals surface area contributed by atoms with Gasteiger partial charge >= 0.3 is 0 Å². The molecule has 0 saturated carbocycles. The Morgan fingerprint density at radius 1 is 1.08 bits per heavy atom. The Balaban J connectivity index is 1.73. The minimum atomic E-state index is -0.485. The Morgan fingerprint density at radius 2 is 1.80 bits per heavy atom. The molecule has 0 N–H and O–H groups in total. The molecule has 0 unspecified atom stereocenters. The van der Waals surface area contributed by atoms with E-state index in [1.165, 1.54) is 0 Å². The maximum atomic E-state index is 12.4. The monoisotopic (exact) mass is 333 g/mol. The quantitative estimate of drug-likeness (QED) is 0.723. The molecule has 3 aromatic rings. The fraction of sp³-hybridized carbons (Fsp3) is 0.263. The summed E-state index contributed by atoms with van der Waals surface area (Å²) in [5.74, 6) is 0.847. The van der Waals surface area contributed by atoms with Gasteiger partial charge < -0.3 is 9.47 Å². The van der Waals surface area contributed by atoms with Crippen molar-refractivity contribution >= 4 is 11.6 Å². The number of amides is 1. The summed E-state index contributed by atoms with van der Waals surface area (Å²) in [5.41, 5.74) is 4.19. The molecule has 2 aromatic heterocycles. The molecule has 4 rings (SSSR count). The number of carbonyl (C=O) groups is 1. The molecule has 0 fully saturated rings. The summed E-state index contributed by atoms with van der Waals surface area (Å²) < 4.78 is 1.89. The minimum Gasteiger partial charge on any atom is -0.314 e. The number of carbonyl (C=O) groups excluding carboxylic acids is 1. The van der Waals surface area contributed by atoms with Gasteiger partial charge in [0.1, 0.15) is 12.2 Å². The van der Waals surface area contributed by atoms with E-state index in [-0.39, 0.29) is 5.91 Å². The molecule has 0 saturated heterocycles. The van der Waals surface area contributed by atoms with Crippen LogP contribution in [0.4, 0.5) is 5.69 Å². The topological polar surface area (TPSA) is 63.9 Å². The van der Waals surface area contributed by atoms with Crippen molar-refractivity contribution in [1.29, 1.82) is 0 Å². The third kappa shape index (κ3) is 2.33. The molecule has 0 atom stereocenters. The molecule has 1 aliphatic heterocycles. The first-order chi connectivity index (χ1) is 11.9. The lowest BCUT2D eigenvalue weighted by molar-refractivity contribution is -0.121. The van der Waals surface area contributed by atoms with Crippen LogP contribution in [-0.4, -0.2) is 32.5 Å². The van der Waals surface area contributed by atoms with Crippen LogP contribution in [0.1, 0.15) is 25.2 Å². The van der Waals surface area contributed by atoms with Crippen LogP contribution in [0.15, 0.2) is 43.1 Å². The van der Waals surface area contributed by atoms with Gasteiger partial charge in [0.05, 0.1) is 29.2 Å². The fourth-order valence-electron chi connectivity index (χ4n) is 3.27. The van der Waals surface area contributed by atoms with E-state index in [2.05, 4.69) is 15.0 Å². The van der Waals surface area contributed by atoms with Crippen molar-refractivity contribution in [2.24, 2.45) is 0 Å². The molecular formula is C19H19N5O. The largest absolute Gasteiger partial charge is 0.314 e. The van der Waals surface area contributed by atoms with Gasteiger partial charge in [-0.1, -0.05) is 12.1 Å². The molecule has 1 aromatic carbocycles. The lowest BCUT2D eigenvalue weighted by Crippen LogP contribution is -2.33. The van der Waals surface area contributed by atoms with Gasteiger partial charge in [0.2, 0.25) is 5.91 Å². The highest BCUT2D eigenvalue weighted by Gasteiger charge is 2.42. The third-order valence-corrected chi connectivity index (χ3v) is 4.82. The lowest BCUT2D eigenvalue weighted by Gasteiger charge is -2.16. The Kier molecular flexibility index (Phi) is 3.25. The number of nitrogens with zero attached hydrogens (tertiary/aromatic N) is 5. The van der Waals surface area contributed by atoms with Crippen molar-refractivity contribution in [2.75, 3.05) is 11.9 Å². The Labute approximate surface area is 146 Å². The summed E-state index contributed by atoms with van der Waals surface area (Å²) in [6, 6.07) is 6.08. The lowest BCUT2D eigenvalue weighted by atomic mass is 9.86. The number of anilines is 1. The second-order valence-electron chi connectivity index (χ2n) is 6.88. The van der Waals surface area contributed by atoms with Crippen molar-refractivity contribution in [2.45, 2.75) is 26.2 Å². The second kappa shape index (κ2) is 5.24. The van der Waals surface area contributed by atoms with Gasteiger partial charge in [0, 0.05) is 24.5 Å². The van der Waals surface area contributed by atoms with Crippen LogP contribution in [0.25, 0.3) is 16.9 Å². The third-order valence-electron chi connectivity index (χ3n) is 4.82. The first-order valence-corrected chi connectivity index (χ1v) is 8.14. The number of aryl methyl sites for hydroxylation is 1. The SMILES string of the molecule is Cc1ncc(-n2cnc(-c3ccc4c(c3)N(C)C(=O)C4(C)C)c2)cn1. The number of benzene rings is 1. The van der Waals surface area contributed by atoms with Gasteiger partial charge in [-0.25, -0.2) is 15.0 Å². The van der Waals surface area contributed by atoms with Crippen molar-refractivity contribution in [3.05, 3.63) is 54.5 Å². The van der Waals surface area contributed by atoms with E-state index >= 15 is 0 Å². The molecular weight excluding hydrogens is 314 g/mol. The summed E-state index contributed by atoms with van der Waals surface area (Å²) >= 11 is 0. The van der Waals surface area contributed by atoms with Crippen LogP contribution in [0, 0.1) is 6.92 Å². The number of rotatable bonds is 2. The standard InChI is InChI=1S/C19H19N5O/c1-12-20-8-14(9-21-12)24-10-16(22-11-24)13-5-6-15-17(7-13)23(4)18(25)19(15,2)3/h5-11H,1-4H3. The van der Waals surface area contributed by atoms with Gasteiger partial charge in [0.15, 0.2) is 0 Å². The zero-order valence-electron chi connectivity index (χ0n) is 14.7. The second-order valence-corrected chi connectivity index (χ2v) is 6.88. The number of likely N-dealkylation sites (N-methyl/N-ethyl adjacent to an activating group) is 1. The van der Waals surface area contributed by atoms with Crippen LogP contribution in [0.5, 0.6) is 0 Å². The van der Waals surface area contributed by atoms with Crippen molar-refractivity contribution in [1.82, 2.24) is 19.5 Å². The van der Waals surface area contributed by atoms with Crippen LogP contribution < -0.4 is 4.90 Å². The molecule has 3 heterocycles. The van der Waals surface area contributed by atoms with Crippen molar-refractivity contribution in [3.8, 4) is 16.9 Å². The molecule has 126 valence electrons. The highest BCUT2D eigenvalue weighted by Crippen LogP contribution is 2.42. The first kappa shape index (κ1) is 15.5. The van der Waals surface area contributed by atoms with E-state index in [4.69, 9.17) is 0 Å². The van der Waals surface area contributed by atoms with Crippen molar-refractivity contribution < 1.29 is 4.79 Å². The summed E-state index contributed by atoms with van der Waals surface area (Å²) in [6.07, 6.45) is 7.23. The number of imidazole rings is 1. The zero-order chi connectivity index (χ0) is 17.8. The van der Waals surface area contributed by atoms with E-state index in [1.807, 2.05) is 56.8 Å². The van der Waals surface area contributed by atoms with Gasteiger partial charge in [-0.3, -0.25) is 4.79 Å². The van der Waals surface area contributed by atoms with Crippen LogP contribution in [0.2, 0.25) is 0 Å². The first-order valence-electron chi connectivity index (χ1n) is 8.14. The van der Waals surface area contributed by atoms with Crippen LogP contribution in [0.3, 0.4) is 0 Å². The van der Waals surface area contributed by atoms with Gasteiger partial charge in [-0.15, -0.1) is 0 Å². The number of fused-ring (bicyclic) bond motifs is 1.